The van der Waals surface area contributed by atoms with Gasteiger partial charge in [0, 0.05) is 11.7 Å². The van der Waals surface area contributed by atoms with E-state index in [1.165, 1.54) is 18.7 Å². The number of aliphatic carboxylic acids is 1. The molecule has 1 aliphatic rings. The van der Waals surface area contributed by atoms with Crippen molar-refractivity contribution in [1.82, 2.24) is 10.2 Å². The molecule has 0 aromatic carbocycles. The van der Waals surface area contributed by atoms with E-state index < -0.39 is 24.0 Å². The van der Waals surface area contributed by atoms with E-state index in [9.17, 15) is 14.4 Å². The first-order valence-corrected chi connectivity index (χ1v) is 7.45. The predicted molar refractivity (Wildman–Crippen MR) is 72.7 cm³/mol. The molecule has 0 saturated carbocycles. The maximum atomic E-state index is 12.1. The highest BCUT2D eigenvalue weighted by Gasteiger charge is 2.36. The van der Waals surface area contributed by atoms with Crippen molar-refractivity contribution in [3.63, 3.8) is 0 Å². The van der Waals surface area contributed by atoms with Gasteiger partial charge in [-0.15, -0.1) is 11.8 Å². The minimum Gasteiger partial charge on any atom is -0.480 e. The zero-order chi connectivity index (χ0) is 14.6. The van der Waals surface area contributed by atoms with Gasteiger partial charge in [-0.3, -0.25) is 14.4 Å². The Balaban J connectivity index is 2.68. The second-order valence-corrected chi connectivity index (χ2v) is 5.70. The fourth-order valence-electron chi connectivity index (χ4n) is 1.71. The SMILES string of the molecule is CCC(C)C(=O)N1CSCC1C(=O)N[C@@H](C)C(=O)O. The zero-order valence-electron chi connectivity index (χ0n) is 11.4. The van der Waals surface area contributed by atoms with Gasteiger partial charge in [-0.1, -0.05) is 13.8 Å². The number of amides is 2. The average molecular weight is 288 g/mol. The van der Waals surface area contributed by atoms with Crippen molar-refractivity contribution in [3.8, 4) is 0 Å². The Morgan fingerprint density at radius 3 is 2.58 bits per heavy atom. The summed E-state index contributed by atoms with van der Waals surface area (Å²) in [6.07, 6.45) is 0.722. The molecule has 0 bridgehead atoms. The van der Waals surface area contributed by atoms with Crippen LogP contribution in [0.25, 0.3) is 0 Å². The summed E-state index contributed by atoms with van der Waals surface area (Å²) in [5.74, 6) is -0.639. The molecule has 2 N–H and O–H groups in total. The van der Waals surface area contributed by atoms with Crippen LogP contribution in [-0.4, -0.2) is 51.5 Å². The number of hydrogen-bond acceptors (Lipinski definition) is 4. The molecule has 1 saturated heterocycles. The largest absolute Gasteiger partial charge is 0.480 e. The molecular formula is C12H20N2O4S. The first-order chi connectivity index (χ1) is 8.88. The molecule has 3 atom stereocenters. The van der Waals surface area contributed by atoms with Crippen molar-refractivity contribution in [2.24, 2.45) is 5.92 Å². The van der Waals surface area contributed by atoms with E-state index in [-0.39, 0.29) is 11.8 Å². The number of carboxylic acids is 1. The number of carbonyl (C=O) groups is 3. The molecule has 1 heterocycles. The van der Waals surface area contributed by atoms with Crippen LogP contribution < -0.4 is 5.32 Å². The highest BCUT2D eigenvalue weighted by atomic mass is 32.2. The summed E-state index contributed by atoms with van der Waals surface area (Å²) in [6, 6.07) is -1.51. The predicted octanol–water partition coefficient (Wildman–Crippen LogP) is 0.523. The van der Waals surface area contributed by atoms with E-state index in [4.69, 9.17) is 5.11 Å². The van der Waals surface area contributed by atoms with Gasteiger partial charge in [-0.2, -0.15) is 0 Å². The average Bonchev–Trinajstić information content (AvgIpc) is 2.85. The monoisotopic (exact) mass is 288 g/mol. The topological polar surface area (TPSA) is 86.7 Å². The van der Waals surface area contributed by atoms with Crippen LogP contribution in [0.4, 0.5) is 0 Å². The minimum absolute atomic E-state index is 0.0457. The summed E-state index contributed by atoms with van der Waals surface area (Å²) in [4.78, 5) is 36.4. The van der Waals surface area contributed by atoms with Crippen molar-refractivity contribution < 1.29 is 19.5 Å². The quantitative estimate of drug-likeness (QED) is 0.770. The van der Waals surface area contributed by atoms with Crippen LogP contribution >= 0.6 is 11.8 Å². The Hall–Kier alpha value is -1.24. The van der Waals surface area contributed by atoms with E-state index in [1.807, 2.05) is 13.8 Å². The minimum atomic E-state index is -1.08. The number of carbonyl (C=O) groups excluding carboxylic acids is 2. The third-order valence-corrected chi connectivity index (χ3v) is 4.24. The van der Waals surface area contributed by atoms with Gasteiger partial charge in [0.1, 0.15) is 12.1 Å². The van der Waals surface area contributed by atoms with Gasteiger partial charge >= 0.3 is 5.97 Å². The molecular weight excluding hydrogens is 268 g/mol. The summed E-state index contributed by atoms with van der Waals surface area (Å²) in [5, 5.41) is 11.2. The third-order valence-electron chi connectivity index (χ3n) is 3.23. The van der Waals surface area contributed by atoms with Crippen LogP contribution in [-0.2, 0) is 14.4 Å². The lowest BCUT2D eigenvalue weighted by molar-refractivity contribution is -0.144. The molecule has 0 radical (unpaired) electrons. The van der Waals surface area contributed by atoms with Crippen LogP contribution in [0.1, 0.15) is 27.2 Å². The van der Waals surface area contributed by atoms with Crippen molar-refractivity contribution in [3.05, 3.63) is 0 Å². The van der Waals surface area contributed by atoms with Gasteiger partial charge in [-0.05, 0) is 13.3 Å². The van der Waals surface area contributed by atoms with Crippen molar-refractivity contribution in [2.75, 3.05) is 11.6 Å². The maximum Gasteiger partial charge on any atom is 0.325 e. The van der Waals surface area contributed by atoms with Crippen molar-refractivity contribution >= 4 is 29.5 Å². The molecule has 0 aliphatic carbocycles. The first-order valence-electron chi connectivity index (χ1n) is 6.29. The smallest absolute Gasteiger partial charge is 0.325 e. The molecule has 1 aliphatic heterocycles. The van der Waals surface area contributed by atoms with Crippen LogP contribution in [0.2, 0.25) is 0 Å². The lowest BCUT2D eigenvalue weighted by Gasteiger charge is -2.26. The molecule has 1 fully saturated rings. The van der Waals surface area contributed by atoms with Crippen molar-refractivity contribution in [1.29, 1.82) is 0 Å². The highest BCUT2D eigenvalue weighted by molar-refractivity contribution is 7.99. The standard InChI is InChI=1S/C12H20N2O4S/c1-4-7(2)11(16)14-6-19-5-9(14)10(15)13-8(3)12(17)18/h7-9H,4-6H2,1-3H3,(H,13,15)(H,17,18)/t7?,8-,9?/m0/s1. The fraction of sp³-hybridized carbons (Fsp3) is 0.750. The highest BCUT2D eigenvalue weighted by Crippen LogP contribution is 2.23. The van der Waals surface area contributed by atoms with E-state index in [1.54, 1.807) is 4.90 Å². The van der Waals surface area contributed by atoms with Crippen molar-refractivity contribution in [2.45, 2.75) is 39.3 Å². The van der Waals surface area contributed by atoms with E-state index in [0.717, 1.165) is 6.42 Å². The number of nitrogens with one attached hydrogen (secondary N) is 1. The van der Waals surface area contributed by atoms with Crippen LogP contribution in [0.15, 0.2) is 0 Å². The Morgan fingerprint density at radius 2 is 2.05 bits per heavy atom. The summed E-state index contributed by atoms with van der Waals surface area (Å²) in [7, 11) is 0. The number of hydrogen-bond donors (Lipinski definition) is 2. The van der Waals surface area contributed by atoms with E-state index >= 15 is 0 Å². The molecule has 0 spiro atoms. The van der Waals surface area contributed by atoms with Crippen LogP contribution in [0.3, 0.4) is 0 Å². The summed E-state index contributed by atoms with van der Waals surface area (Å²) in [5.41, 5.74) is 0. The Labute approximate surface area is 116 Å². The molecule has 0 aromatic heterocycles. The molecule has 1 rings (SSSR count). The van der Waals surface area contributed by atoms with Gasteiger partial charge in [0.2, 0.25) is 11.8 Å². The number of thioether (sulfide) groups is 1. The third kappa shape index (κ3) is 3.86. The maximum absolute atomic E-state index is 12.1. The Kier molecular flexibility index (Phi) is 5.65. The van der Waals surface area contributed by atoms with Gasteiger partial charge in [0.25, 0.3) is 0 Å². The Morgan fingerprint density at radius 1 is 1.42 bits per heavy atom. The summed E-state index contributed by atoms with van der Waals surface area (Å²) < 4.78 is 0. The number of carboxylic acid groups (broad SMARTS) is 1. The first kappa shape index (κ1) is 15.8. The summed E-state index contributed by atoms with van der Waals surface area (Å²) >= 11 is 1.51. The molecule has 2 amide bonds. The van der Waals surface area contributed by atoms with E-state index in [0.29, 0.717) is 11.6 Å². The van der Waals surface area contributed by atoms with Gasteiger partial charge < -0.3 is 15.3 Å². The van der Waals surface area contributed by atoms with E-state index in [2.05, 4.69) is 5.32 Å². The Bertz CT molecular complexity index is 375. The fourth-order valence-corrected chi connectivity index (χ4v) is 2.87. The molecule has 6 nitrogen and oxygen atoms in total. The lowest BCUT2D eigenvalue weighted by Crippen LogP contribution is -2.51. The molecule has 19 heavy (non-hydrogen) atoms. The molecule has 2 unspecified atom stereocenters. The number of rotatable bonds is 5. The molecule has 108 valence electrons. The second kappa shape index (κ2) is 6.79. The number of nitrogens with zero attached hydrogens (tertiary/aromatic N) is 1. The van der Waals surface area contributed by atoms with Gasteiger partial charge in [-0.25, -0.2) is 0 Å². The second-order valence-electron chi connectivity index (χ2n) is 4.70. The summed E-state index contributed by atoms with van der Waals surface area (Å²) in [6.45, 7) is 5.16. The zero-order valence-corrected chi connectivity index (χ0v) is 12.2. The van der Waals surface area contributed by atoms with Gasteiger partial charge in [0.05, 0.1) is 5.88 Å². The normalized spacial score (nSPS) is 21.8. The van der Waals surface area contributed by atoms with Gasteiger partial charge in [0.15, 0.2) is 0 Å². The van der Waals surface area contributed by atoms with Crippen LogP contribution in [0, 0.1) is 5.92 Å². The lowest BCUT2D eigenvalue weighted by atomic mass is 10.1. The van der Waals surface area contributed by atoms with Crippen LogP contribution in [0.5, 0.6) is 0 Å². The molecule has 7 heteroatoms. The molecule has 0 aromatic rings.